The van der Waals surface area contributed by atoms with Gasteiger partial charge in [0.05, 0.1) is 23.0 Å². The molecular weight excluding hydrogens is 409 g/mol. The van der Waals surface area contributed by atoms with Gasteiger partial charge in [0.2, 0.25) is 5.88 Å². The van der Waals surface area contributed by atoms with Crippen LogP contribution in [0, 0.1) is 12.7 Å². The van der Waals surface area contributed by atoms with Crippen LogP contribution < -0.4 is 15.4 Å². The summed E-state index contributed by atoms with van der Waals surface area (Å²) in [4.78, 5) is 24.4. The maximum atomic E-state index is 15.1. The molecule has 8 heteroatoms. The molecule has 7 nitrogen and oxygen atoms in total. The number of nitrogens with one attached hydrogen (secondary N) is 3. The van der Waals surface area contributed by atoms with Crippen molar-refractivity contribution in [3.8, 4) is 17.0 Å². The molecule has 1 amide bonds. The van der Waals surface area contributed by atoms with Crippen LogP contribution in [0.1, 0.15) is 16.8 Å². The number of halogens is 1. The van der Waals surface area contributed by atoms with Crippen LogP contribution in [0.3, 0.4) is 0 Å². The fourth-order valence-electron chi connectivity index (χ4n) is 4.28. The fraction of sp³-hybridized carbons (Fsp3) is 0.125. The van der Waals surface area contributed by atoms with Gasteiger partial charge in [-0.3, -0.25) is 9.78 Å². The molecular formula is C24H18FN5O2. The molecule has 0 bridgehead atoms. The number of ether oxygens (including phenoxy) is 1. The smallest absolute Gasteiger partial charge is 0.256 e. The molecule has 2 aliphatic rings. The highest BCUT2D eigenvalue weighted by molar-refractivity contribution is 6.35. The molecule has 0 saturated carbocycles. The third-order valence-electron chi connectivity index (χ3n) is 5.87. The van der Waals surface area contributed by atoms with Crippen molar-refractivity contribution in [1.82, 2.24) is 15.0 Å². The molecule has 6 rings (SSSR count). The number of aromatic amines is 1. The predicted octanol–water partition coefficient (Wildman–Crippen LogP) is 4.37. The molecule has 0 saturated heterocycles. The van der Waals surface area contributed by atoms with E-state index in [9.17, 15) is 4.79 Å². The molecule has 0 atom stereocenters. The number of carbonyl (C=O) groups excluding carboxylic acids is 1. The van der Waals surface area contributed by atoms with E-state index >= 15 is 4.39 Å². The maximum Gasteiger partial charge on any atom is 0.256 e. The minimum absolute atomic E-state index is 0.274. The molecule has 3 aromatic heterocycles. The van der Waals surface area contributed by atoms with Crippen LogP contribution in [0.5, 0.6) is 5.88 Å². The van der Waals surface area contributed by atoms with Crippen LogP contribution in [0.15, 0.2) is 42.9 Å². The quantitative estimate of drug-likeness (QED) is 0.413. The molecule has 0 aliphatic carbocycles. The van der Waals surface area contributed by atoms with Crippen molar-refractivity contribution in [2.24, 2.45) is 0 Å². The van der Waals surface area contributed by atoms with Crippen molar-refractivity contribution in [2.45, 2.75) is 6.92 Å². The van der Waals surface area contributed by atoms with Crippen molar-refractivity contribution in [2.75, 3.05) is 23.8 Å². The summed E-state index contributed by atoms with van der Waals surface area (Å²) in [5.41, 5.74) is 5.85. The molecule has 0 unspecified atom stereocenters. The van der Waals surface area contributed by atoms with Crippen LogP contribution in [-0.2, 0) is 4.79 Å². The first-order chi connectivity index (χ1) is 15.6. The molecule has 32 heavy (non-hydrogen) atoms. The Hall–Kier alpha value is -4.20. The van der Waals surface area contributed by atoms with E-state index in [-0.39, 0.29) is 5.91 Å². The first-order valence-corrected chi connectivity index (χ1v) is 10.2. The van der Waals surface area contributed by atoms with Crippen molar-refractivity contribution in [1.29, 1.82) is 0 Å². The Kier molecular flexibility index (Phi) is 4.01. The summed E-state index contributed by atoms with van der Waals surface area (Å²) < 4.78 is 20.7. The zero-order valence-corrected chi connectivity index (χ0v) is 17.1. The first-order valence-electron chi connectivity index (χ1n) is 10.2. The topological polar surface area (TPSA) is 91.9 Å². The van der Waals surface area contributed by atoms with E-state index in [0.717, 1.165) is 27.8 Å². The number of nitrogens with zero attached hydrogens (tertiary/aromatic N) is 2. The maximum absolute atomic E-state index is 15.1. The van der Waals surface area contributed by atoms with Gasteiger partial charge in [0.1, 0.15) is 18.1 Å². The first kappa shape index (κ1) is 18.6. The molecule has 5 heterocycles. The Morgan fingerprint density at radius 1 is 1.16 bits per heavy atom. The summed E-state index contributed by atoms with van der Waals surface area (Å²) in [5.74, 6) is -0.183. The Morgan fingerprint density at radius 2 is 2.06 bits per heavy atom. The van der Waals surface area contributed by atoms with Gasteiger partial charge in [-0.05, 0) is 42.8 Å². The lowest BCUT2D eigenvalue weighted by atomic mass is 9.96. The number of rotatable bonds is 2. The minimum Gasteiger partial charge on any atom is -0.474 e. The van der Waals surface area contributed by atoms with Gasteiger partial charge < -0.3 is 20.4 Å². The van der Waals surface area contributed by atoms with Gasteiger partial charge >= 0.3 is 0 Å². The number of benzene rings is 1. The Morgan fingerprint density at radius 3 is 2.94 bits per heavy atom. The number of hydrogen-bond acceptors (Lipinski definition) is 5. The summed E-state index contributed by atoms with van der Waals surface area (Å²) >= 11 is 0. The van der Waals surface area contributed by atoms with Crippen molar-refractivity contribution in [3.05, 3.63) is 65.5 Å². The predicted molar refractivity (Wildman–Crippen MR) is 121 cm³/mol. The second-order valence-electron chi connectivity index (χ2n) is 7.83. The van der Waals surface area contributed by atoms with E-state index in [2.05, 4.69) is 25.6 Å². The monoisotopic (exact) mass is 427 g/mol. The van der Waals surface area contributed by atoms with Crippen molar-refractivity contribution < 1.29 is 13.9 Å². The average molecular weight is 427 g/mol. The normalized spacial score (nSPS) is 15.8. The van der Waals surface area contributed by atoms with Crippen molar-refractivity contribution >= 4 is 39.8 Å². The number of fused-ring (bicyclic) bond motifs is 3. The molecule has 158 valence electrons. The summed E-state index contributed by atoms with van der Waals surface area (Å²) in [6.45, 7) is 3.11. The third-order valence-corrected chi connectivity index (χ3v) is 5.87. The SMILES string of the molecule is Cc1c(-c2cc3c(cc2F)NC(=O)/C3=C\c2cc3ccncc3[nH]2)cnc2c1NCCO2. The number of aromatic nitrogens is 3. The largest absolute Gasteiger partial charge is 0.474 e. The molecule has 0 radical (unpaired) electrons. The second kappa shape index (κ2) is 6.91. The Bertz CT molecular complexity index is 1420. The molecule has 3 N–H and O–H groups in total. The lowest BCUT2D eigenvalue weighted by Gasteiger charge is -2.21. The molecule has 2 aliphatic heterocycles. The highest BCUT2D eigenvalue weighted by Gasteiger charge is 2.28. The lowest BCUT2D eigenvalue weighted by molar-refractivity contribution is -0.110. The zero-order chi connectivity index (χ0) is 21.8. The standard InChI is InChI=1S/C24H18FN5O2/c1-12-18(10-28-24-22(12)27-4-5-32-24)15-8-16-17(23(31)30-20(16)9-19(15)25)7-14-6-13-2-3-26-11-21(13)29-14/h2-3,6-11,27,29H,4-5H2,1H3,(H,30,31)/b17-7-. The van der Waals surface area contributed by atoms with Crippen molar-refractivity contribution in [3.63, 3.8) is 0 Å². The second-order valence-corrected chi connectivity index (χ2v) is 7.83. The highest BCUT2D eigenvalue weighted by Crippen LogP contribution is 2.41. The van der Waals surface area contributed by atoms with Crippen LogP contribution >= 0.6 is 0 Å². The molecule has 4 aromatic rings. The number of H-pyrrole nitrogens is 1. The van der Waals surface area contributed by atoms with E-state index in [1.165, 1.54) is 6.07 Å². The summed E-state index contributed by atoms with van der Waals surface area (Å²) in [5, 5.41) is 7.04. The van der Waals surface area contributed by atoms with Gasteiger partial charge in [-0.2, -0.15) is 0 Å². The number of hydrogen-bond donors (Lipinski definition) is 3. The summed E-state index contributed by atoms with van der Waals surface area (Å²) in [6, 6.07) is 6.91. The van der Waals surface area contributed by atoms with Gasteiger partial charge in [-0.15, -0.1) is 0 Å². The fourth-order valence-corrected chi connectivity index (χ4v) is 4.28. The van der Waals surface area contributed by atoms with Gasteiger partial charge in [0.25, 0.3) is 5.91 Å². The zero-order valence-electron chi connectivity index (χ0n) is 17.1. The Labute approximate surface area is 182 Å². The van der Waals surface area contributed by atoms with E-state index < -0.39 is 5.82 Å². The highest BCUT2D eigenvalue weighted by atomic mass is 19.1. The Balaban J connectivity index is 1.48. The van der Waals surface area contributed by atoms with Crippen LogP contribution in [0.25, 0.3) is 33.7 Å². The lowest BCUT2D eigenvalue weighted by Crippen LogP contribution is -2.20. The van der Waals surface area contributed by atoms with E-state index in [1.807, 2.05) is 19.1 Å². The molecule has 0 fully saturated rings. The summed E-state index contributed by atoms with van der Waals surface area (Å²) in [6.07, 6.45) is 6.84. The van der Waals surface area contributed by atoms with Crippen LogP contribution in [0.2, 0.25) is 0 Å². The third kappa shape index (κ3) is 2.84. The van der Waals surface area contributed by atoms with E-state index in [1.54, 1.807) is 30.7 Å². The summed E-state index contributed by atoms with van der Waals surface area (Å²) in [7, 11) is 0. The number of anilines is 2. The molecule has 1 aromatic carbocycles. The van der Waals surface area contributed by atoms with Gasteiger partial charge in [-0.25, -0.2) is 9.37 Å². The van der Waals surface area contributed by atoms with Gasteiger partial charge in [0, 0.05) is 46.7 Å². The minimum atomic E-state index is -0.427. The number of amides is 1. The number of carbonyl (C=O) groups is 1. The van der Waals surface area contributed by atoms with Gasteiger partial charge in [-0.1, -0.05) is 0 Å². The average Bonchev–Trinajstić information content (AvgIpc) is 3.34. The van der Waals surface area contributed by atoms with Crippen LogP contribution in [-0.4, -0.2) is 34.0 Å². The van der Waals surface area contributed by atoms with E-state index in [4.69, 9.17) is 4.74 Å². The van der Waals surface area contributed by atoms with Gasteiger partial charge in [0.15, 0.2) is 0 Å². The molecule has 0 spiro atoms. The number of pyridine rings is 2. The van der Waals surface area contributed by atoms with E-state index in [0.29, 0.717) is 47.0 Å². The van der Waals surface area contributed by atoms with Crippen LogP contribution in [0.4, 0.5) is 15.8 Å².